The quantitative estimate of drug-likeness (QED) is 0.827. The molecule has 0 saturated carbocycles. The van der Waals surface area contributed by atoms with Crippen LogP contribution < -0.4 is 0 Å². The molecule has 2 aromatic rings. The van der Waals surface area contributed by atoms with Gasteiger partial charge in [-0.05, 0) is 36.7 Å². The molecule has 6 heteroatoms. The van der Waals surface area contributed by atoms with Crippen LogP contribution in [0.25, 0.3) is 0 Å². The predicted molar refractivity (Wildman–Crippen MR) is 62.8 cm³/mol. The van der Waals surface area contributed by atoms with E-state index in [1.807, 2.05) is 19.2 Å². The van der Waals surface area contributed by atoms with Gasteiger partial charge < -0.3 is 0 Å². The second-order valence-electron chi connectivity index (χ2n) is 2.95. The number of aromatic nitrogens is 3. The van der Waals surface area contributed by atoms with E-state index in [1.54, 1.807) is 17.5 Å². The molecular weight excluding hydrogens is 250 g/mol. The molecule has 0 bridgehead atoms. The summed E-state index contributed by atoms with van der Waals surface area (Å²) in [6.45, 7) is 3.93. The minimum Gasteiger partial charge on any atom is -0.238 e. The van der Waals surface area contributed by atoms with Crippen LogP contribution in [-0.4, -0.2) is 15.2 Å². The Labute approximate surface area is 101 Å². The summed E-state index contributed by atoms with van der Waals surface area (Å²) in [6, 6.07) is 0. The first kappa shape index (κ1) is 10.9. The van der Waals surface area contributed by atoms with E-state index in [0.717, 1.165) is 20.5 Å². The van der Waals surface area contributed by atoms with Gasteiger partial charge in [-0.25, -0.2) is 4.98 Å². The Kier molecular flexibility index (Phi) is 3.23. The molecule has 0 saturated heterocycles. The zero-order valence-corrected chi connectivity index (χ0v) is 10.6. The van der Waals surface area contributed by atoms with Crippen LogP contribution in [0.2, 0.25) is 5.15 Å². The first-order valence-electron chi connectivity index (χ1n) is 4.25. The summed E-state index contributed by atoms with van der Waals surface area (Å²) in [5, 5.41) is 11.2. The second kappa shape index (κ2) is 4.47. The second-order valence-corrected chi connectivity index (χ2v) is 5.43. The maximum atomic E-state index is 5.87. The number of hydrogen-bond acceptors (Lipinski definition) is 5. The van der Waals surface area contributed by atoms with Gasteiger partial charge in [-0.3, -0.25) is 0 Å². The van der Waals surface area contributed by atoms with Crippen molar-refractivity contribution in [1.82, 2.24) is 15.2 Å². The van der Waals surface area contributed by atoms with Crippen LogP contribution in [-0.2, 0) is 0 Å². The first-order chi connectivity index (χ1) is 7.18. The zero-order valence-electron chi connectivity index (χ0n) is 8.19. The molecular formula is C9H8ClN3S2. The monoisotopic (exact) mass is 257 g/mol. The van der Waals surface area contributed by atoms with E-state index in [4.69, 9.17) is 11.6 Å². The Balaban J connectivity index is 2.34. The summed E-state index contributed by atoms with van der Waals surface area (Å²) < 4.78 is 0.967. The van der Waals surface area contributed by atoms with E-state index in [0.29, 0.717) is 5.15 Å². The molecule has 2 heterocycles. The molecule has 0 amide bonds. The van der Waals surface area contributed by atoms with Crippen molar-refractivity contribution in [2.75, 3.05) is 0 Å². The van der Waals surface area contributed by atoms with Crippen molar-refractivity contribution in [3.05, 3.63) is 27.9 Å². The highest BCUT2D eigenvalue weighted by Crippen LogP contribution is 2.31. The van der Waals surface area contributed by atoms with E-state index < -0.39 is 0 Å². The lowest BCUT2D eigenvalue weighted by Crippen LogP contribution is -1.94. The average Bonchev–Trinajstić information content (AvgIpc) is 2.72. The smallest absolute Gasteiger partial charge is 0.156 e. The molecule has 0 fully saturated rings. The molecule has 2 rings (SSSR count). The fourth-order valence-electron chi connectivity index (χ4n) is 0.995. The van der Waals surface area contributed by atoms with Gasteiger partial charge in [-0.1, -0.05) is 11.6 Å². The van der Waals surface area contributed by atoms with Gasteiger partial charge >= 0.3 is 0 Å². The molecule has 0 unspecified atom stereocenters. The standard InChI is InChI=1S/C9H8ClN3S2/c1-5-6(2)8(13-12-7(5)10)15-9-11-3-4-14-9/h3-4H,1-2H3. The van der Waals surface area contributed by atoms with Gasteiger partial charge in [-0.2, -0.15) is 0 Å². The van der Waals surface area contributed by atoms with Crippen molar-refractivity contribution in [3.8, 4) is 0 Å². The van der Waals surface area contributed by atoms with Gasteiger partial charge in [0.25, 0.3) is 0 Å². The third-order valence-corrected chi connectivity index (χ3v) is 4.34. The van der Waals surface area contributed by atoms with E-state index in [9.17, 15) is 0 Å². The van der Waals surface area contributed by atoms with Crippen molar-refractivity contribution in [1.29, 1.82) is 0 Å². The molecule has 0 aliphatic carbocycles. The van der Waals surface area contributed by atoms with Crippen LogP contribution in [0.4, 0.5) is 0 Å². The van der Waals surface area contributed by atoms with Crippen LogP contribution in [0.5, 0.6) is 0 Å². The zero-order chi connectivity index (χ0) is 10.8. The number of halogens is 1. The fourth-order valence-corrected chi connectivity index (χ4v) is 2.80. The summed E-state index contributed by atoms with van der Waals surface area (Å²) in [6.07, 6.45) is 1.78. The Bertz CT molecular complexity index is 470. The Morgan fingerprint density at radius 2 is 2.07 bits per heavy atom. The van der Waals surface area contributed by atoms with Crippen molar-refractivity contribution in [2.45, 2.75) is 23.2 Å². The van der Waals surface area contributed by atoms with E-state index >= 15 is 0 Å². The maximum Gasteiger partial charge on any atom is 0.156 e. The largest absolute Gasteiger partial charge is 0.238 e. The van der Waals surface area contributed by atoms with Crippen LogP contribution in [0.1, 0.15) is 11.1 Å². The average molecular weight is 258 g/mol. The molecule has 78 valence electrons. The van der Waals surface area contributed by atoms with Gasteiger partial charge in [-0.15, -0.1) is 21.5 Å². The van der Waals surface area contributed by atoms with Crippen LogP contribution in [0, 0.1) is 13.8 Å². The van der Waals surface area contributed by atoms with Crippen molar-refractivity contribution >= 4 is 34.7 Å². The van der Waals surface area contributed by atoms with Crippen LogP contribution in [0.3, 0.4) is 0 Å². The third-order valence-electron chi connectivity index (χ3n) is 2.02. The molecule has 0 atom stereocenters. The molecule has 0 aliphatic rings. The van der Waals surface area contributed by atoms with Crippen LogP contribution >= 0.6 is 34.7 Å². The lowest BCUT2D eigenvalue weighted by molar-refractivity contribution is 0.891. The van der Waals surface area contributed by atoms with Crippen LogP contribution in [0.15, 0.2) is 20.9 Å². The lowest BCUT2D eigenvalue weighted by atomic mass is 10.2. The highest BCUT2D eigenvalue weighted by molar-refractivity contribution is 8.01. The Morgan fingerprint density at radius 3 is 2.73 bits per heavy atom. The predicted octanol–water partition coefficient (Wildman–Crippen LogP) is 3.35. The number of nitrogens with zero attached hydrogens (tertiary/aromatic N) is 3. The summed E-state index contributed by atoms with van der Waals surface area (Å²) in [7, 11) is 0. The molecule has 0 N–H and O–H groups in total. The van der Waals surface area contributed by atoms with Crippen molar-refractivity contribution < 1.29 is 0 Å². The Morgan fingerprint density at radius 1 is 1.27 bits per heavy atom. The highest BCUT2D eigenvalue weighted by Gasteiger charge is 2.10. The van der Waals surface area contributed by atoms with Crippen molar-refractivity contribution in [3.63, 3.8) is 0 Å². The van der Waals surface area contributed by atoms with Gasteiger partial charge in [0.2, 0.25) is 0 Å². The number of rotatable bonds is 2. The first-order valence-corrected chi connectivity index (χ1v) is 6.32. The van der Waals surface area contributed by atoms with Gasteiger partial charge in [0.05, 0.1) is 0 Å². The van der Waals surface area contributed by atoms with Crippen molar-refractivity contribution in [2.24, 2.45) is 0 Å². The third kappa shape index (κ3) is 2.30. The van der Waals surface area contributed by atoms with E-state index in [-0.39, 0.29) is 0 Å². The number of hydrogen-bond donors (Lipinski definition) is 0. The topological polar surface area (TPSA) is 38.7 Å². The molecule has 15 heavy (non-hydrogen) atoms. The van der Waals surface area contributed by atoms with Gasteiger partial charge in [0.15, 0.2) is 9.49 Å². The van der Waals surface area contributed by atoms with E-state index in [1.165, 1.54) is 11.8 Å². The molecule has 2 aromatic heterocycles. The molecule has 0 radical (unpaired) electrons. The molecule has 0 spiro atoms. The minimum absolute atomic E-state index is 0.469. The summed E-state index contributed by atoms with van der Waals surface area (Å²) in [5.74, 6) is 0. The fraction of sp³-hybridized carbons (Fsp3) is 0.222. The SMILES string of the molecule is Cc1c(Cl)nnc(Sc2nccs2)c1C. The molecule has 0 aromatic carbocycles. The summed E-state index contributed by atoms with van der Waals surface area (Å²) in [4.78, 5) is 4.19. The van der Waals surface area contributed by atoms with Gasteiger partial charge in [0.1, 0.15) is 5.03 Å². The normalized spacial score (nSPS) is 10.6. The lowest BCUT2D eigenvalue weighted by Gasteiger charge is -2.05. The highest BCUT2D eigenvalue weighted by atomic mass is 35.5. The van der Waals surface area contributed by atoms with Gasteiger partial charge in [0, 0.05) is 11.6 Å². The van der Waals surface area contributed by atoms with E-state index in [2.05, 4.69) is 15.2 Å². The Hall–Kier alpha value is -0.650. The minimum atomic E-state index is 0.469. The summed E-state index contributed by atoms with van der Waals surface area (Å²) >= 11 is 8.98. The summed E-state index contributed by atoms with van der Waals surface area (Å²) in [5.41, 5.74) is 2.04. The number of thiazole rings is 1. The molecule has 0 aliphatic heterocycles. The molecule has 3 nitrogen and oxygen atoms in total. The maximum absolute atomic E-state index is 5.87.